The van der Waals surface area contributed by atoms with Crippen molar-refractivity contribution in [3.05, 3.63) is 77.0 Å². The number of aryl methyl sites for hydroxylation is 1. The van der Waals surface area contributed by atoms with E-state index in [0.717, 1.165) is 55.6 Å². The number of ether oxygens (including phenoxy) is 2. The number of aromatic nitrogens is 1. The molecule has 1 saturated carbocycles. The average molecular weight is 557 g/mol. The molecule has 1 aliphatic heterocycles. The summed E-state index contributed by atoms with van der Waals surface area (Å²) in [5.74, 6) is 0.842. The molecule has 218 valence electrons. The van der Waals surface area contributed by atoms with Gasteiger partial charge >= 0.3 is 5.97 Å². The molecule has 1 fully saturated rings. The second-order valence-electron chi connectivity index (χ2n) is 12.7. The summed E-state index contributed by atoms with van der Waals surface area (Å²) in [6.07, 6.45) is 5.78. The maximum atomic E-state index is 11.9. The van der Waals surface area contributed by atoms with E-state index in [1.165, 1.54) is 22.3 Å². The zero-order chi connectivity index (χ0) is 29.3. The molecule has 0 amide bonds. The monoisotopic (exact) mass is 556 g/mol. The molecule has 0 spiro atoms. The van der Waals surface area contributed by atoms with Crippen LogP contribution in [-0.2, 0) is 17.8 Å². The van der Waals surface area contributed by atoms with Gasteiger partial charge in [0.25, 0.3) is 0 Å². The van der Waals surface area contributed by atoms with Crippen molar-refractivity contribution in [2.24, 2.45) is 11.8 Å². The van der Waals surface area contributed by atoms with E-state index in [-0.39, 0.29) is 17.6 Å². The fourth-order valence-corrected chi connectivity index (χ4v) is 6.35. The number of methoxy groups -OCH3 is 1. The Morgan fingerprint density at radius 3 is 2.56 bits per heavy atom. The molecule has 5 rings (SSSR count). The van der Waals surface area contributed by atoms with Gasteiger partial charge in [-0.25, -0.2) is 4.98 Å². The zero-order valence-electron chi connectivity index (χ0n) is 25.3. The minimum absolute atomic E-state index is 0.0276. The number of nitrogens with zero attached hydrogens (tertiary/aromatic N) is 2. The zero-order valence-corrected chi connectivity index (χ0v) is 25.3. The van der Waals surface area contributed by atoms with Crippen molar-refractivity contribution in [2.45, 2.75) is 84.4 Å². The summed E-state index contributed by atoms with van der Waals surface area (Å²) < 4.78 is 12.1. The fraction of sp³-hybridized carbons (Fsp3) is 0.486. The molecule has 0 radical (unpaired) electrons. The number of hydrogen-bond acceptors (Lipinski definition) is 5. The Hall–Kier alpha value is -3.38. The lowest BCUT2D eigenvalue weighted by molar-refractivity contribution is -0.142. The van der Waals surface area contributed by atoms with Gasteiger partial charge in [-0.1, -0.05) is 44.2 Å². The Kier molecular flexibility index (Phi) is 8.42. The molecule has 3 aromatic rings. The average Bonchev–Trinajstić information content (AvgIpc) is 3.80. The summed E-state index contributed by atoms with van der Waals surface area (Å²) in [6.45, 7) is 12.6. The van der Waals surface area contributed by atoms with Crippen molar-refractivity contribution in [1.29, 1.82) is 0 Å². The number of aliphatic carboxylic acids is 1. The lowest BCUT2D eigenvalue weighted by Crippen LogP contribution is -2.40. The molecule has 41 heavy (non-hydrogen) atoms. The molecular formula is C35H44N2O4. The normalized spacial score (nSPS) is 18.4. The van der Waals surface area contributed by atoms with Gasteiger partial charge in [0, 0.05) is 24.3 Å². The molecule has 0 bridgehead atoms. The van der Waals surface area contributed by atoms with E-state index in [0.29, 0.717) is 11.8 Å². The topological polar surface area (TPSA) is 71.9 Å². The van der Waals surface area contributed by atoms with E-state index < -0.39 is 11.9 Å². The standard InChI is InChI=1S/C35H44N2O4/c1-7-37(35(3,4)5)21-28-18-26(12-14-29(28)25-16-17-36-32(20-25)40-6)30-15-13-23-8-11-27(19-31(23)41-30)33(24-9-10-24)22(2)34(38)39/h8,11-12,14,16-20,22,24,30,33H,7,9-10,13,15,21H2,1-6H3,(H,38,39)/t22-,30?,33-/m0/s1. The highest BCUT2D eigenvalue weighted by Crippen LogP contribution is 2.48. The van der Waals surface area contributed by atoms with Gasteiger partial charge in [0.1, 0.15) is 11.9 Å². The van der Waals surface area contributed by atoms with Crippen LogP contribution >= 0.6 is 0 Å². The van der Waals surface area contributed by atoms with Gasteiger partial charge in [-0.05, 0) is 110 Å². The lowest BCUT2D eigenvalue weighted by atomic mass is 9.82. The summed E-state index contributed by atoms with van der Waals surface area (Å²) in [5, 5.41) is 9.76. The quantitative estimate of drug-likeness (QED) is 0.276. The van der Waals surface area contributed by atoms with Gasteiger partial charge in [0.2, 0.25) is 5.88 Å². The lowest BCUT2D eigenvalue weighted by Gasteiger charge is -2.35. The number of hydrogen-bond donors (Lipinski definition) is 1. The number of benzene rings is 2. The molecular weight excluding hydrogens is 512 g/mol. The predicted octanol–water partition coefficient (Wildman–Crippen LogP) is 7.66. The van der Waals surface area contributed by atoms with Crippen LogP contribution in [0, 0.1) is 11.8 Å². The third-order valence-corrected chi connectivity index (χ3v) is 8.93. The van der Waals surface area contributed by atoms with Crippen molar-refractivity contribution < 1.29 is 19.4 Å². The van der Waals surface area contributed by atoms with E-state index in [9.17, 15) is 9.90 Å². The maximum absolute atomic E-state index is 11.9. The Labute approximate surface area is 244 Å². The van der Waals surface area contributed by atoms with E-state index in [1.807, 2.05) is 19.1 Å². The molecule has 1 unspecified atom stereocenters. The number of fused-ring (bicyclic) bond motifs is 1. The first kappa shape index (κ1) is 29.1. The van der Waals surface area contributed by atoms with Crippen LogP contribution in [-0.4, -0.2) is 40.2 Å². The third kappa shape index (κ3) is 6.43. The Balaban J connectivity index is 1.47. The van der Waals surface area contributed by atoms with Crippen LogP contribution in [0.25, 0.3) is 11.1 Å². The van der Waals surface area contributed by atoms with Gasteiger partial charge in [0.05, 0.1) is 13.0 Å². The molecule has 0 saturated heterocycles. The van der Waals surface area contributed by atoms with Gasteiger partial charge in [-0.15, -0.1) is 0 Å². The van der Waals surface area contributed by atoms with Crippen molar-refractivity contribution in [2.75, 3.05) is 13.7 Å². The second-order valence-corrected chi connectivity index (χ2v) is 12.7. The van der Waals surface area contributed by atoms with Gasteiger partial charge in [-0.2, -0.15) is 0 Å². The van der Waals surface area contributed by atoms with Gasteiger partial charge in [-0.3, -0.25) is 9.69 Å². The second kappa shape index (κ2) is 11.8. The SMILES string of the molecule is CCN(Cc1cc(C2CCc3ccc([C@H](C4CC4)[C@H](C)C(=O)O)cc3O2)ccc1-c1ccnc(OC)c1)C(C)(C)C. The summed E-state index contributed by atoms with van der Waals surface area (Å²) >= 11 is 0. The smallest absolute Gasteiger partial charge is 0.306 e. The molecule has 2 aliphatic rings. The maximum Gasteiger partial charge on any atom is 0.306 e. The van der Waals surface area contributed by atoms with E-state index in [4.69, 9.17) is 9.47 Å². The van der Waals surface area contributed by atoms with Gasteiger partial charge in [0.15, 0.2) is 0 Å². The molecule has 2 heterocycles. The van der Waals surface area contributed by atoms with Crippen LogP contribution < -0.4 is 9.47 Å². The fourth-order valence-electron chi connectivity index (χ4n) is 6.35. The highest BCUT2D eigenvalue weighted by Gasteiger charge is 2.39. The molecule has 1 aliphatic carbocycles. The molecule has 6 nitrogen and oxygen atoms in total. The first-order valence-corrected chi connectivity index (χ1v) is 15.0. The number of carboxylic acid groups (broad SMARTS) is 1. The predicted molar refractivity (Wildman–Crippen MR) is 162 cm³/mol. The minimum atomic E-state index is -0.728. The van der Waals surface area contributed by atoms with Crippen LogP contribution in [0.5, 0.6) is 11.6 Å². The first-order valence-electron chi connectivity index (χ1n) is 15.0. The minimum Gasteiger partial charge on any atom is -0.485 e. The summed E-state index contributed by atoms with van der Waals surface area (Å²) in [7, 11) is 1.65. The molecule has 1 N–H and O–H groups in total. The van der Waals surface area contributed by atoms with Gasteiger partial charge < -0.3 is 14.6 Å². The molecule has 2 aromatic carbocycles. The Morgan fingerprint density at radius 2 is 1.90 bits per heavy atom. The summed E-state index contributed by atoms with van der Waals surface area (Å²) in [6, 6.07) is 17.2. The Morgan fingerprint density at radius 1 is 1.12 bits per heavy atom. The molecule has 1 aromatic heterocycles. The van der Waals surface area contributed by atoms with Crippen LogP contribution in [0.3, 0.4) is 0 Å². The van der Waals surface area contributed by atoms with Crippen molar-refractivity contribution in [3.8, 4) is 22.8 Å². The first-order chi connectivity index (χ1) is 19.6. The largest absolute Gasteiger partial charge is 0.485 e. The van der Waals surface area contributed by atoms with Crippen LogP contribution in [0.4, 0.5) is 0 Å². The van der Waals surface area contributed by atoms with E-state index >= 15 is 0 Å². The molecule has 6 heteroatoms. The van der Waals surface area contributed by atoms with E-state index in [2.05, 4.69) is 74.0 Å². The third-order valence-electron chi connectivity index (χ3n) is 8.93. The summed E-state index contributed by atoms with van der Waals surface area (Å²) in [5.41, 5.74) is 7.00. The number of pyridine rings is 1. The van der Waals surface area contributed by atoms with Crippen molar-refractivity contribution in [1.82, 2.24) is 9.88 Å². The van der Waals surface area contributed by atoms with Crippen molar-refractivity contribution in [3.63, 3.8) is 0 Å². The highest BCUT2D eigenvalue weighted by molar-refractivity contribution is 5.71. The number of rotatable bonds is 10. The molecule has 3 atom stereocenters. The van der Waals surface area contributed by atoms with Crippen LogP contribution in [0.1, 0.15) is 88.2 Å². The number of carboxylic acids is 1. The summed E-state index contributed by atoms with van der Waals surface area (Å²) in [4.78, 5) is 18.7. The van der Waals surface area contributed by atoms with Crippen molar-refractivity contribution >= 4 is 5.97 Å². The van der Waals surface area contributed by atoms with E-state index in [1.54, 1.807) is 13.3 Å². The highest BCUT2D eigenvalue weighted by atomic mass is 16.5. The van der Waals surface area contributed by atoms with Crippen LogP contribution in [0.15, 0.2) is 54.7 Å². The Bertz CT molecular complexity index is 1390. The van der Waals surface area contributed by atoms with Crippen LogP contribution in [0.2, 0.25) is 0 Å². The number of carbonyl (C=O) groups is 1.